The fourth-order valence-corrected chi connectivity index (χ4v) is 2.10. The van der Waals surface area contributed by atoms with Crippen LogP contribution in [0.5, 0.6) is 0 Å². The third-order valence-electron chi connectivity index (χ3n) is 2.16. The number of anilines is 1. The van der Waals surface area contributed by atoms with Gasteiger partial charge in [0.1, 0.15) is 5.76 Å². The van der Waals surface area contributed by atoms with Gasteiger partial charge in [0.15, 0.2) is 0 Å². The van der Waals surface area contributed by atoms with E-state index in [0.717, 1.165) is 11.5 Å². The molecule has 2 rings (SSSR count). The Bertz CT molecular complexity index is 552. The lowest BCUT2D eigenvalue weighted by atomic mass is 10.4. The fourth-order valence-electron chi connectivity index (χ4n) is 1.13. The molecule has 0 atom stereocenters. The lowest BCUT2D eigenvalue weighted by molar-refractivity contribution is 0.430. The van der Waals surface area contributed by atoms with Gasteiger partial charge >= 0.3 is 0 Å². The first-order valence-corrected chi connectivity index (χ1v) is 6.36. The van der Waals surface area contributed by atoms with Gasteiger partial charge in [0.25, 0.3) is 5.22 Å². The summed E-state index contributed by atoms with van der Waals surface area (Å²) in [7, 11) is 3.67. The highest BCUT2D eigenvalue weighted by Crippen LogP contribution is 2.27. The minimum absolute atomic E-state index is 0.149. The van der Waals surface area contributed by atoms with Gasteiger partial charge < -0.3 is 9.32 Å². The molecule has 2 aromatic rings. The number of halogens is 1. The average molecular weight is 286 g/mol. The van der Waals surface area contributed by atoms with E-state index in [1.54, 1.807) is 4.90 Å². The van der Waals surface area contributed by atoms with Crippen LogP contribution < -0.4 is 4.90 Å². The van der Waals surface area contributed by atoms with E-state index < -0.39 is 0 Å². The summed E-state index contributed by atoms with van der Waals surface area (Å²) in [6.07, 6.45) is 0. The van der Waals surface area contributed by atoms with Crippen LogP contribution in [0, 0.1) is 13.8 Å². The van der Waals surface area contributed by atoms with Crippen molar-refractivity contribution in [3.05, 3.63) is 16.7 Å². The first kappa shape index (κ1) is 13.1. The van der Waals surface area contributed by atoms with Gasteiger partial charge in [0.2, 0.25) is 16.4 Å². The van der Waals surface area contributed by atoms with Crippen molar-refractivity contribution in [2.45, 2.75) is 24.2 Å². The Kier molecular flexibility index (Phi) is 3.72. The first-order valence-electron chi connectivity index (χ1n) is 5.16. The average Bonchev–Trinajstić information content (AvgIpc) is 2.56. The number of hydrogen-bond acceptors (Lipinski definition) is 7. The molecular weight excluding hydrogens is 274 g/mol. The maximum Gasteiger partial charge on any atom is 0.264 e. The van der Waals surface area contributed by atoms with Crippen molar-refractivity contribution in [2.75, 3.05) is 19.0 Å². The molecule has 96 valence electrons. The Hall–Kier alpha value is -1.34. The predicted octanol–water partition coefficient (Wildman–Crippen LogP) is 2.35. The molecule has 0 N–H and O–H groups in total. The minimum atomic E-state index is 0.149. The normalized spacial score (nSPS) is 10.7. The van der Waals surface area contributed by atoms with E-state index in [0.29, 0.717) is 16.3 Å². The van der Waals surface area contributed by atoms with Crippen LogP contribution in [0.25, 0.3) is 0 Å². The molecule has 0 aliphatic rings. The second kappa shape index (κ2) is 5.11. The molecule has 0 fully saturated rings. The molecule has 0 aromatic carbocycles. The van der Waals surface area contributed by atoms with Gasteiger partial charge in [0, 0.05) is 25.9 Å². The van der Waals surface area contributed by atoms with E-state index in [1.165, 1.54) is 11.8 Å². The van der Waals surface area contributed by atoms with Crippen LogP contribution in [0.4, 0.5) is 5.95 Å². The summed E-state index contributed by atoms with van der Waals surface area (Å²) < 4.78 is 5.45. The number of aryl methyl sites for hydroxylation is 2. The molecule has 8 heteroatoms. The summed E-state index contributed by atoms with van der Waals surface area (Å²) in [6, 6.07) is 0. The smallest absolute Gasteiger partial charge is 0.264 e. The molecule has 0 bridgehead atoms. The Labute approximate surface area is 114 Å². The van der Waals surface area contributed by atoms with Gasteiger partial charge in [-0.05, 0) is 25.4 Å². The van der Waals surface area contributed by atoms with Crippen molar-refractivity contribution < 1.29 is 4.42 Å². The lowest BCUT2D eigenvalue weighted by Gasteiger charge is -2.09. The zero-order chi connectivity index (χ0) is 13.3. The molecule has 6 nitrogen and oxygen atoms in total. The van der Waals surface area contributed by atoms with Crippen molar-refractivity contribution >= 4 is 29.3 Å². The van der Waals surface area contributed by atoms with E-state index >= 15 is 0 Å². The number of nitrogens with zero attached hydrogens (tertiary/aromatic N) is 5. The maximum absolute atomic E-state index is 5.84. The molecule has 0 saturated heterocycles. The fraction of sp³-hybridized carbons (Fsp3) is 0.400. The summed E-state index contributed by atoms with van der Waals surface area (Å²) in [4.78, 5) is 18.3. The van der Waals surface area contributed by atoms with Crippen LogP contribution in [0.15, 0.2) is 14.8 Å². The molecule has 2 heterocycles. The number of aromatic nitrogens is 4. The zero-order valence-electron chi connectivity index (χ0n) is 10.4. The van der Waals surface area contributed by atoms with Crippen LogP contribution >= 0.6 is 23.4 Å². The number of oxazole rings is 1. The van der Waals surface area contributed by atoms with E-state index in [1.807, 2.05) is 27.9 Å². The quantitative estimate of drug-likeness (QED) is 0.857. The molecule has 0 spiro atoms. The topological polar surface area (TPSA) is 67.9 Å². The summed E-state index contributed by atoms with van der Waals surface area (Å²) >= 11 is 7.06. The second-order valence-electron chi connectivity index (χ2n) is 3.80. The minimum Gasteiger partial charge on any atom is -0.436 e. The van der Waals surface area contributed by atoms with Crippen LogP contribution in [0.2, 0.25) is 5.28 Å². The van der Waals surface area contributed by atoms with Crippen molar-refractivity contribution in [1.29, 1.82) is 0 Å². The van der Waals surface area contributed by atoms with E-state index in [2.05, 4.69) is 19.9 Å². The Morgan fingerprint density at radius 3 is 2.39 bits per heavy atom. The number of hydrogen-bond donors (Lipinski definition) is 0. The summed E-state index contributed by atoms with van der Waals surface area (Å²) in [5, 5.41) is 1.10. The van der Waals surface area contributed by atoms with Crippen molar-refractivity contribution in [3.8, 4) is 0 Å². The summed E-state index contributed by atoms with van der Waals surface area (Å²) in [5.41, 5.74) is 0.852. The monoisotopic (exact) mass is 285 g/mol. The van der Waals surface area contributed by atoms with E-state index in [-0.39, 0.29) is 5.28 Å². The van der Waals surface area contributed by atoms with E-state index in [4.69, 9.17) is 16.0 Å². The lowest BCUT2D eigenvalue weighted by Crippen LogP contribution is -2.13. The molecule has 0 amide bonds. The molecule has 18 heavy (non-hydrogen) atoms. The first-order chi connectivity index (χ1) is 8.45. The molecule has 0 aliphatic carbocycles. The highest BCUT2D eigenvalue weighted by molar-refractivity contribution is 7.98. The predicted molar refractivity (Wildman–Crippen MR) is 69.3 cm³/mol. The zero-order valence-corrected chi connectivity index (χ0v) is 12.0. The molecule has 2 aromatic heterocycles. The third-order valence-corrected chi connectivity index (χ3v) is 3.05. The SMILES string of the molecule is Cc1nc(Sc2nc(Cl)nc(N(C)C)n2)oc1C. The molecule has 0 unspecified atom stereocenters. The third kappa shape index (κ3) is 2.91. The van der Waals surface area contributed by atoms with Gasteiger partial charge in [-0.2, -0.15) is 15.0 Å². The van der Waals surface area contributed by atoms with Gasteiger partial charge in [0.05, 0.1) is 5.69 Å². The van der Waals surface area contributed by atoms with Gasteiger partial charge in [-0.1, -0.05) is 0 Å². The molecule has 0 saturated carbocycles. The van der Waals surface area contributed by atoms with Gasteiger partial charge in [-0.15, -0.1) is 0 Å². The molecule has 0 aliphatic heterocycles. The highest BCUT2D eigenvalue weighted by atomic mass is 35.5. The van der Waals surface area contributed by atoms with Crippen LogP contribution in [0.3, 0.4) is 0 Å². The summed E-state index contributed by atoms with van der Waals surface area (Å²) in [5.74, 6) is 1.28. The van der Waals surface area contributed by atoms with Crippen molar-refractivity contribution in [2.24, 2.45) is 0 Å². The van der Waals surface area contributed by atoms with E-state index in [9.17, 15) is 0 Å². The maximum atomic E-state index is 5.84. The van der Waals surface area contributed by atoms with Crippen molar-refractivity contribution in [1.82, 2.24) is 19.9 Å². The standard InChI is InChI=1S/C10H12ClN5OS/c1-5-6(2)17-10(12-5)18-9-14-7(11)13-8(15-9)16(3)4/h1-4H3. The largest absolute Gasteiger partial charge is 0.436 e. The molecule has 0 radical (unpaired) electrons. The van der Waals surface area contributed by atoms with Crippen LogP contribution in [0.1, 0.15) is 11.5 Å². The number of rotatable bonds is 3. The van der Waals surface area contributed by atoms with Crippen molar-refractivity contribution in [3.63, 3.8) is 0 Å². The molecular formula is C10H12ClN5OS. The summed E-state index contributed by atoms with van der Waals surface area (Å²) in [6.45, 7) is 3.74. The Morgan fingerprint density at radius 1 is 1.11 bits per heavy atom. The Balaban J connectivity index is 2.28. The highest BCUT2D eigenvalue weighted by Gasteiger charge is 2.12. The van der Waals surface area contributed by atoms with Gasteiger partial charge in [-0.3, -0.25) is 0 Å². The van der Waals surface area contributed by atoms with Crippen LogP contribution in [-0.4, -0.2) is 34.0 Å². The second-order valence-corrected chi connectivity index (χ2v) is 5.06. The van der Waals surface area contributed by atoms with Gasteiger partial charge in [-0.25, -0.2) is 4.98 Å². The Morgan fingerprint density at radius 2 is 1.83 bits per heavy atom. The van der Waals surface area contributed by atoms with Crippen LogP contribution in [-0.2, 0) is 0 Å².